The van der Waals surface area contributed by atoms with E-state index >= 15 is 0 Å². The molecule has 5 rings (SSSR count). The molecule has 11 nitrogen and oxygen atoms in total. The van der Waals surface area contributed by atoms with Crippen LogP contribution >= 0.6 is 0 Å². The molecule has 1 fully saturated rings. The summed E-state index contributed by atoms with van der Waals surface area (Å²) < 4.78 is 22.2. The average molecular weight is 660 g/mol. The van der Waals surface area contributed by atoms with Gasteiger partial charge in [0.15, 0.2) is 0 Å². The van der Waals surface area contributed by atoms with Crippen LogP contribution < -0.4 is 10.6 Å². The van der Waals surface area contributed by atoms with E-state index in [9.17, 15) is 23.9 Å². The molecule has 0 spiro atoms. The van der Waals surface area contributed by atoms with Crippen LogP contribution in [0.2, 0.25) is 0 Å². The summed E-state index contributed by atoms with van der Waals surface area (Å²) >= 11 is 0. The van der Waals surface area contributed by atoms with Gasteiger partial charge in [0.2, 0.25) is 5.91 Å². The van der Waals surface area contributed by atoms with Crippen LogP contribution in [0.5, 0.6) is 0 Å². The van der Waals surface area contributed by atoms with Crippen molar-refractivity contribution in [1.82, 2.24) is 25.1 Å². The molecule has 4 aromatic rings. The van der Waals surface area contributed by atoms with Gasteiger partial charge in [-0.2, -0.15) is 0 Å². The molecular weight excluding hydrogens is 617 g/mol. The van der Waals surface area contributed by atoms with Crippen molar-refractivity contribution in [1.29, 1.82) is 0 Å². The second-order valence-electron chi connectivity index (χ2n) is 12.1. The van der Waals surface area contributed by atoms with Gasteiger partial charge in [0.25, 0.3) is 5.91 Å². The fourth-order valence-electron chi connectivity index (χ4n) is 6.37. The zero-order chi connectivity index (χ0) is 34.0. The number of para-hydroxylation sites is 2. The standard InChI is InChI=1S/C36H42FN5O6/c1-48-19-5-17-42-32-8-3-2-7-31(32)40-34(42)27-6-4-16-41(23-27)33(44)22-28(39-36(46)47)20-24-9-11-25(12-10-24)26-13-14-29(30(37)21-26)35(45)38-15-18-43/h2-3,7-14,21,27-28,39,43H,4-6,15-20,22-23H2,1H3,(H,38,45)(H,46,47)/t27-,28-/m1/s1. The highest BCUT2D eigenvalue weighted by Gasteiger charge is 2.30. The van der Waals surface area contributed by atoms with Crippen LogP contribution in [0.3, 0.4) is 0 Å². The lowest BCUT2D eigenvalue weighted by Gasteiger charge is -2.33. The van der Waals surface area contributed by atoms with Crippen molar-refractivity contribution in [2.75, 3.05) is 40.0 Å². The number of methoxy groups -OCH3 is 1. The highest BCUT2D eigenvalue weighted by molar-refractivity contribution is 5.95. The molecule has 12 heteroatoms. The Bertz CT molecular complexity index is 1730. The number of aromatic nitrogens is 2. The maximum Gasteiger partial charge on any atom is 0.404 e. The van der Waals surface area contributed by atoms with Crippen LogP contribution in [-0.4, -0.2) is 88.6 Å². The summed E-state index contributed by atoms with van der Waals surface area (Å²) in [6.45, 7) is 2.31. The summed E-state index contributed by atoms with van der Waals surface area (Å²) in [6, 6.07) is 18.9. The van der Waals surface area contributed by atoms with Gasteiger partial charge in [-0.25, -0.2) is 14.2 Å². The second kappa shape index (κ2) is 16.3. The molecule has 2 heterocycles. The van der Waals surface area contributed by atoms with E-state index < -0.39 is 23.9 Å². The Kier molecular flexibility index (Phi) is 11.8. The monoisotopic (exact) mass is 659 g/mol. The number of nitrogens with zero attached hydrogens (tertiary/aromatic N) is 3. The van der Waals surface area contributed by atoms with Crippen LogP contribution in [0.1, 0.15) is 53.3 Å². The van der Waals surface area contributed by atoms with Crippen molar-refractivity contribution in [3.05, 3.63) is 89.5 Å². The van der Waals surface area contributed by atoms with Gasteiger partial charge in [0, 0.05) is 58.3 Å². The largest absolute Gasteiger partial charge is 0.465 e. The zero-order valence-corrected chi connectivity index (χ0v) is 27.0. The molecule has 254 valence electrons. The summed E-state index contributed by atoms with van der Waals surface area (Å²) in [5.74, 6) is -0.377. The van der Waals surface area contributed by atoms with Crippen molar-refractivity contribution in [3.8, 4) is 11.1 Å². The Labute approximate surface area is 278 Å². The van der Waals surface area contributed by atoms with Crippen molar-refractivity contribution in [2.45, 2.75) is 50.6 Å². The second-order valence-corrected chi connectivity index (χ2v) is 12.1. The number of aryl methyl sites for hydroxylation is 1. The third-order valence-electron chi connectivity index (χ3n) is 8.68. The van der Waals surface area contributed by atoms with Gasteiger partial charge in [-0.1, -0.05) is 42.5 Å². The Balaban J connectivity index is 1.25. The highest BCUT2D eigenvalue weighted by atomic mass is 19.1. The van der Waals surface area contributed by atoms with Gasteiger partial charge >= 0.3 is 6.09 Å². The quantitative estimate of drug-likeness (QED) is 0.145. The first-order valence-corrected chi connectivity index (χ1v) is 16.3. The Morgan fingerprint density at radius 2 is 1.85 bits per heavy atom. The molecule has 1 aliphatic heterocycles. The number of hydrogen-bond donors (Lipinski definition) is 4. The number of rotatable bonds is 14. The minimum absolute atomic E-state index is 0.00997. The smallest absolute Gasteiger partial charge is 0.404 e. The first-order chi connectivity index (χ1) is 23.3. The minimum atomic E-state index is -1.20. The molecule has 4 N–H and O–H groups in total. The van der Waals surface area contributed by atoms with Crippen molar-refractivity contribution >= 4 is 28.9 Å². The van der Waals surface area contributed by atoms with Crippen LogP contribution in [-0.2, 0) is 22.5 Å². The number of ether oxygens (including phenoxy) is 1. The highest BCUT2D eigenvalue weighted by Crippen LogP contribution is 2.30. The Hall–Kier alpha value is -4.81. The maximum absolute atomic E-state index is 14.7. The van der Waals surface area contributed by atoms with E-state index in [0.29, 0.717) is 37.2 Å². The molecule has 1 saturated heterocycles. The summed E-state index contributed by atoms with van der Waals surface area (Å²) in [4.78, 5) is 44.2. The minimum Gasteiger partial charge on any atom is -0.465 e. The number of fused-ring (bicyclic) bond motifs is 1. The lowest BCUT2D eigenvalue weighted by Crippen LogP contribution is -2.44. The molecule has 0 bridgehead atoms. The predicted molar refractivity (Wildman–Crippen MR) is 179 cm³/mol. The van der Waals surface area contributed by atoms with E-state index in [-0.39, 0.29) is 37.0 Å². The number of nitrogens with one attached hydrogen (secondary N) is 2. The van der Waals surface area contributed by atoms with Crippen molar-refractivity contribution in [3.63, 3.8) is 0 Å². The normalized spacial score (nSPS) is 15.3. The fraction of sp³-hybridized carbons (Fsp3) is 0.389. The number of benzene rings is 3. The lowest BCUT2D eigenvalue weighted by molar-refractivity contribution is -0.132. The average Bonchev–Trinajstić information content (AvgIpc) is 3.46. The lowest BCUT2D eigenvalue weighted by atomic mass is 9.95. The van der Waals surface area contributed by atoms with Crippen molar-refractivity contribution in [2.24, 2.45) is 0 Å². The SMILES string of the molecule is COCCCn1c([C@@H]2CCCN(C(=O)C[C@@H](Cc3ccc(-c4ccc(C(=O)NCCO)c(F)c4)cc3)NC(=O)O)C2)nc2ccccc21. The molecule has 1 aliphatic rings. The van der Waals surface area contributed by atoms with E-state index in [0.717, 1.165) is 48.2 Å². The van der Waals surface area contributed by atoms with Gasteiger partial charge in [-0.3, -0.25) is 9.59 Å². The third kappa shape index (κ3) is 8.55. The maximum atomic E-state index is 14.7. The number of imidazole rings is 1. The topological polar surface area (TPSA) is 146 Å². The van der Waals surface area contributed by atoms with E-state index in [1.807, 2.05) is 35.2 Å². The predicted octanol–water partition coefficient (Wildman–Crippen LogP) is 4.58. The number of likely N-dealkylation sites (tertiary alicyclic amines) is 1. The molecule has 0 aliphatic carbocycles. The zero-order valence-electron chi connectivity index (χ0n) is 27.0. The molecule has 3 amide bonds. The number of hydrogen-bond acceptors (Lipinski definition) is 6. The van der Waals surface area contributed by atoms with Crippen LogP contribution in [0.4, 0.5) is 9.18 Å². The van der Waals surface area contributed by atoms with Crippen molar-refractivity contribution < 1.29 is 33.7 Å². The number of carbonyl (C=O) groups excluding carboxylic acids is 2. The van der Waals surface area contributed by atoms with Crippen LogP contribution in [0.15, 0.2) is 66.7 Å². The molecule has 0 radical (unpaired) electrons. The number of carboxylic acid groups (broad SMARTS) is 1. The van der Waals surface area contributed by atoms with E-state index in [1.165, 1.54) is 12.1 Å². The number of aliphatic hydroxyl groups is 1. The summed E-state index contributed by atoms with van der Waals surface area (Å²) in [5, 5.41) is 23.4. The summed E-state index contributed by atoms with van der Waals surface area (Å²) in [5.41, 5.74) is 3.97. The molecule has 48 heavy (non-hydrogen) atoms. The molecule has 3 aromatic carbocycles. The van der Waals surface area contributed by atoms with E-state index in [1.54, 1.807) is 25.3 Å². The van der Waals surface area contributed by atoms with Gasteiger partial charge in [0.05, 0.1) is 23.2 Å². The number of aliphatic hydroxyl groups excluding tert-OH is 1. The van der Waals surface area contributed by atoms with E-state index in [4.69, 9.17) is 14.8 Å². The molecule has 0 unspecified atom stereocenters. The number of piperidine rings is 1. The summed E-state index contributed by atoms with van der Waals surface area (Å²) in [6.07, 6.45) is 1.68. The Morgan fingerprint density at radius 1 is 1.08 bits per heavy atom. The fourth-order valence-corrected chi connectivity index (χ4v) is 6.37. The number of carbonyl (C=O) groups is 3. The van der Waals surface area contributed by atoms with Gasteiger partial charge in [-0.15, -0.1) is 0 Å². The molecule has 0 saturated carbocycles. The first kappa shape index (κ1) is 34.5. The Morgan fingerprint density at radius 3 is 2.58 bits per heavy atom. The number of amides is 3. The third-order valence-corrected chi connectivity index (χ3v) is 8.68. The first-order valence-electron chi connectivity index (χ1n) is 16.3. The number of halogens is 1. The molecule has 2 atom stereocenters. The van der Waals surface area contributed by atoms with Crippen LogP contribution in [0.25, 0.3) is 22.2 Å². The summed E-state index contributed by atoms with van der Waals surface area (Å²) in [7, 11) is 1.69. The van der Waals surface area contributed by atoms with Gasteiger partial charge < -0.3 is 35.1 Å². The molecular formula is C36H42FN5O6. The van der Waals surface area contributed by atoms with Crippen LogP contribution in [0, 0.1) is 5.82 Å². The van der Waals surface area contributed by atoms with E-state index in [2.05, 4.69) is 21.3 Å². The molecule has 1 aromatic heterocycles. The van der Waals surface area contributed by atoms with Gasteiger partial charge in [0.1, 0.15) is 11.6 Å². The van der Waals surface area contributed by atoms with Gasteiger partial charge in [-0.05, 0) is 66.6 Å².